The number of carbonyl (C=O) groups is 1. The van der Waals surface area contributed by atoms with Crippen molar-refractivity contribution >= 4 is 56.4 Å². The van der Waals surface area contributed by atoms with Crippen molar-refractivity contribution < 1.29 is 9.90 Å². The van der Waals surface area contributed by atoms with Gasteiger partial charge in [0.05, 0.1) is 0 Å². The van der Waals surface area contributed by atoms with Crippen LogP contribution in [0.1, 0.15) is 9.67 Å². The molecule has 0 aliphatic rings. The molecule has 2 N–H and O–H groups in total. The Morgan fingerprint density at radius 1 is 1.27 bits per heavy atom. The lowest BCUT2D eigenvalue weighted by Crippen LogP contribution is -2.10. The largest absolute Gasteiger partial charge is 0.506 e. The Kier molecular flexibility index (Phi) is 4.29. The van der Waals surface area contributed by atoms with Crippen LogP contribution in [-0.2, 0) is 0 Å². The Morgan fingerprint density at radius 2 is 2.09 bits per heavy atom. The van der Waals surface area contributed by atoms with Crippen molar-refractivity contribution in [2.24, 2.45) is 0 Å². The molecule has 22 heavy (non-hydrogen) atoms. The molecular weight excluding hydrogens is 338 g/mol. The first-order chi connectivity index (χ1) is 10.6. The zero-order valence-corrected chi connectivity index (χ0v) is 14.0. The lowest BCUT2D eigenvalue weighted by atomic mass is 10.2. The maximum Gasteiger partial charge on any atom is 0.269 e. The number of halogens is 1. The zero-order valence-electron chi connectivity index (χ0n) is 11.6. The number of benzene rings is 2. The molecule has 1 amide bonds. The van der Waals surface area contributed by atoms with Crippen LogP contribution in [0.2, 0.25) is 5.02 Å². The second-order valence-electron chi connectivity index (χ2n) is 4.61. The molecule has 0 aliphatic heterocycles. The van der Waals surface area contributed by atoms with E-state index in [2.05, 4.69) is 5.32 Å². The van der Waals surface area contributed by atoms with Crippen LogP contribution in [0.15, 0.2) is 47.4 Å². The monoisotopic (exact) mass is 349 g/mol. The van der Waals surface area contributed by atoms with Gasteiger partial charge in [-0.1, -0.05) is 17.7 Å². The molecule has 0 spiro atoms. The normalized spacial score (nSPS) is 10.8. The van der Waals surface area contributed by atoms with Crippen LogP contribution >= 0.6 is 34.7 Å². The lowest BCUT2D eigenvalue weighted by molar-refractivity contribution is 0.102. The van der Waals surface area contributed by atoms with Gasteiger partial charge in [-0.2, -0.15) is 0 Å². The van der Waals surface area contributed by atoms with Gasteiger partial charge in [-0.15, -0.1) is 23.1 Å². The Hall–Kier alpha value is -1.69. The van der Waals surface area contributed by atoms with Gasteiger partial charge in [0.2, 0.25) is 0 Å². The number of aromatic hydroxyl groups is 1. The number of hydrogen-bond acceptors (Lipinski definition) is 4. The highest BCUT2D eigenvalue weighted by molar-refractivity contribution is 7.98. The van der Waals surface area contributed by atoms with Crippen molar-refractivity contribution in [3.63, 3.8) is 0 Å². The number of fused-ring (bicyclic) bond motifs is 1. The van der Waals surface area contributed by atoms with Crippen LogP contribution in [-0.4, -0.2) is 17.3 Å². The van der Waals surface area contributed by atoms with Crippen molar-refractivity contribution in [2.75, 3.05) is 11.6 Å². The summed E-state index contributed by atoms with van der Waals surface area (Å²) in [6.07, 6.45) is 1.97. The topological polar surface area (TPSA) is 49.3 Å². The number of nitrogens with one attached hydrogen (secondary N) is 1. The van der Waals surface area contributed by atoms with Gasteiger partial charge in [-0.25, -0.2) is 0 Å². The van der Waals surface area contributed by atoms with Gasteiger partial charge in [0, 0.05) is 25.7 Å². The van der Waals surface area contributed by atoms with E-state index in [0.29, 0.717) is 21.0 Å². The molecule has 1 aromatic heterocycles. The average molecular weight is 350 g/mol. The summed E-state index contributed by atoms with van der Waals surface area (Å²) in [4.78, 5) is 13.7. The minimum atomic E-state index is -0.341. The molecule has 0 unspecified atom stereocenters. The van der Waals surface area contributed by atoms with E-state index in [-0.39, 0.29) is 11.7 Å². The predicted molar refractivity (Wildman–Crippen MR) is 94.7 cm³/mol. The highest BCUT2D eigenvalue weighted by Gasteiger charge is 2.18. The zero-order chi connectivity index (χ0) is 15.7. The third-order valence-electron chi connectivity index (χ3n) is 3.16. The molecule has 6 heteroatoms. The predicted octanol–water partition coefficient (Wildman–Crippen LogP) is 5.23. The first kappa shape index (κ1) is 15.2. The number of amides is 1. The molecule has 2 aromatic carbocycles. The van der Waals surface area contributed by atoms with Crippen molar-refractivity contribution in [1.29, 1.82) is 0 Å². The fraction of sp³-hybridized carbons (Fsp3) is 0.0625. The summed E-state index contributed by atoms with van der Waals surface area (Å²) in [5.41, 5.74) is 0.596. The fourth-order valence-electron chi connectivity index (χ4n) is 2.10. The van der Waals surface area contributed by atoms with Crippen LogP contribution in [0.3, 0.4) is 0 Å². The van der Waals surface area contributed by atoms with E-state index in [1.54, 1.807) is 36.0 Å². The first-order valence-electron chi connectivity index (χ1n) is 6.45. The van der Waals surface area contributed by atoms with E-state index in [1.165, 1.54) is 11.3 Å². The molecule has 0 aliphatic carbocycles. The molecule has 3 rings (SSSR count). The highest BCUT2D eigenvalue weighted by Crippen LogP contribution is 2.39. The van der Waals surface area contributed by atoms with Crippen LogP contribution in [0.5, 0.6) is 5.75 Å². The summed E-state index contributed by atoms with van der Waals surface area (Å²) in [5.74, 6) is -0.318. The maximum atomic E-state index is 12.4. The molecule has 112 valence electrons. The summed E-state index contributed by atoms with van der Waals surface area (Å²) in [6, 6.07) is 12.7. The van der Waals surface area contributed by atoms with Crippen LogP contribution in [0.25, 0.3) is 10.1 Å². The molecule has 3 aromatic rings. The third-order valence-corrected chi connectivity index (χ3v) is 5.28. The van der Waals surface area contributed by atoms with Crippen LogP contribution < -0.4 is 5.32 Å². The Labute approximate surface area is 140 Å². The van der Waals surface area contributed by atoms with Gasteiger partial charge in [-0.05, 0) is 42.7 Å². The number of hydrogen-bond donors (Lipinski definition) is 2. The maximum absolute atomic E-state index is 12.4. The van der Waals surface area contributed by atoms with Crippen LogP contribution in [0, 0.1) is 0 Å². The van der Waals surface area contributed by atoms with Gasteiger partial charge in [0.15, 0.2) is 0 Å². The summed E-state index contributed by atoms with van der Waals surface area (Å²) in [5, 5.41) is 14.3. The van der Waals surface area contributed by atoms with Gasteiger partial charge in [-0.3, -0.25) is 4.79 Å². The van der Waals surface area contributed by atoms with Gasteiger partial charge < -0.3 is 10.4 Å². The standard InChI is InChI=1S/C16H12ClNO2S2/c1-21-11-5-6-13-12(8-11)14(19)15(22-13)16(20)18-10-4-2-3-9(17)7-10/h2-8,19H,1H3,(H,18,20). The fourth-order valence-corrected chi connectivity index (χ4v) is 3.70. The van der Waals surface area contributed by atoms with Crippen molar-refractivity contribution in [3.8, 4) is 5.75 Å². The quantitative estimate of drug-likeness (QED) is 0.636. The average Bonchev–Trinajstić information content (AvgIpc) is 2.84. The summed E-state index contributed by atoms with van der Waals surface area (Å²) >= 11 is 8.77. The molecule has 0 atom stereocenters. The minimum absolute atomic E-state index is 0.0235. The molecule has 3 nitrogen and oxygen atoms in total. The Morgan fingerprint density at radius 3 is 2.82 bits per heavy atom. The van der Waals surface area contributed by atoms with Crippen molar-refractivity contribution in [1.82, 2.24) is 0 Å². The minimum Gasteiger partial charge on any atom is -0.506 e. The first-order valence-corrected chi connectivity index (χ1v) is 8.87. The Bertz CT molecular complexity index is 860. The number of rotatable bonds is 3. The Balaban J connectivity index is 1.95. The molecule has 0 radical (unpaired) electrons. The number of anilines is 1. The molecule has 0 bridgehead atoms. The van der Waals surface area contributed by atoms with E-state index < -0.39 is 0 Å². The van der Waals surface area contributed by atoms with Crippen molar-refractivity contribution in [2.45, 2.75) is 4.90 Å². The number of thiophene rings is 1. The van der Waals surface area contributed by atoms with Gasteiger partial charge >= 0.3 is 0 Å². The van der Waals surface area contributed by atoms with E-state index >= 15 is 0 Å². The van der Waals surface area contributed by atoms with E-state index in [0.717, 1.165) is 9.60 Å². The summed E-state index contributed by atoms with van der Waals surface area (Å²) < 4.78 is 0.881. The second-order valence-corrected chi connectivity index (χ2v) is 6.97. The smallest absolute Gasteiger partial charge is 0.269 e. The second kappa shape index (κ2) is 6.20. The molecule has 1 heterocycles. The molecular formula is C16H12ClNO2S2. The molecule has 0 fully saturated rings. The van der Waals surface area contributed by atoms with Crippen molar-refractivity contribution in [3.05, 3.63) is 52.4 Å². The SMILES string of the molecule is CSc1ccc2sc(C(=O)Nc3cccc(Cl)c3)c(O)c2c1. The van der Waals surface area contributed by atoms with Gasteiger partial charge in [0.25, 0.3) is 5.91 Å². The number of thioether (sulfide) groups is 1. The third kappa shape index (κ3) is 2.92. The van der Waals surface area contributed by atoms with E-state index in [1.807, 2.05) is 24.5 Å². The summed E-state index contributed by atoms with van der Waals surface area (Å²) in [7, 11) is 0. The molecule has 0 saturated heterocycles. The lowest BCUT2D eigenvalue weighted by Gasteiger charge is -2.04. The van der Waals surface area contributed by atoms with Crippen LogP contribution in [0.4, 0.5) is 5.69 Å². The van der Waals surface area contributed by atoms with E-state index in [9.17, 15) is 9.90 Å². The number of carbonyl (C=O) groups excluding carboxylic acids is 1. The molecule has 0 saturated carbocycles. The summed E-state index contributed by atoms with van der Waals surface area (Å²) in [6.45, 7) is 0. The van der Waals surface area contributed by atoms with E-state index in [4.69, 9.17) is 11.6 Å². The van der Waals surface area contributed by atoms with Gasteiger partial charge in [0.1, 0.15) is 10.6 Å². The highest BCUT2D eigenvalue weighted by atomic mass is 35.5.